The minimum Gasteiger partial charge on any atom is -0.446 e. The van der Waals surface area contributed by atoms with Crippen LogP contribution in [0.4, 0.5) is 0 Å². The Balaban J connectivity index is 2.44. The molecule has 0 aliphatic carbocycles. The molecule has 4 aromatic carbocycles. The van der Waals surface area contributed by atoms with Gasteiger partial charge in [-0.3, -0.25) is 0 Å². The SMILES string of the molecule is CCCCc1cc(CCCC)c([SiH](O[SiH](c2c(CCCC)cc(CCCC)cc2CCCC)c2c(CCCC)cc(CCCC)cc2CCCC)c2c(CCCC)cc(CCCC)cc2CCCC)c(CCCC)c1. The van der Waals surface area contributed by atoms with Crippen molar-refractivity contribution >= 4 is 38.8 Å². The summed E-state index contributed by atoms with van der Waals surface area (Å²) in [7, 11) is -4.93. The summed E-state index contributed by atoms with van der Waals surface area (Å²) in [6, 6.07) is 22.1. The van der Waals surface area contributed by atoms with Gasteiger partial charge in [-0.05, 0) is 242 Å². The maximum atomic E-state index is 9.32. The van der Waals surface area contributed by atoms with Gasteiger partial charge in [0, 0.05) is 0 Å². The van der Waals surface area contributed by atoms with Crippen LogP contribution in [0.3, 0.4) is 0 Å². The monoisotopic (exact) mass is 1050 g/mol. The summed E-state index contributed by atoms with van der Waals surface area (Å²) < 4.78 is 9.32. The van der Waals surface area contributed by atoms with Gasteiger partial charge in [-0.1, -0.05) is 209 Å². The number of benzene rings is 4. The van der Waals surface area contributed by atoms with Crippen LogP contribution in [0.2, 0.25) is 0 Å². The Morgan fingerprint density at radius 2 is 0.347 bits per heavy atom. The van der Waals surface area contributed by atoms with Crippen LogP contribution in [0.5, 0.6) is 0 Å². The average molecular weight is 1060 g/mol. The molecule has 4 rings (SSSR count). The highest BCUT2D eigenvalue weighted by Gasteiger charge is 2.37. The third-order valence-electron chi connectivity index (χ3n) is 16.6. The molecule has 75 heavy (non-hydrogen) atoms. The van der Waals surface area contributed by atoms with Gasteiger partial charge in [0.05, 0.1) is 0 Å². The van der Waals surface area contributed by atoms with Crippen molar-refractivity contribution in [2.75, 3.05) is 0 Å². The fourth-order valence-electron chi connectivity index (χ4n) is 12.1. The second-order valence-electron chi connectivity index (χ2n) is 23.4. The van der Waals surface area contributed by atoms with E-state index in [0.29, 0.717) is 0 Å². The molecule has 0 heterocycles. The molecule has 4 aromatic rings. The third-order valence-corrected chi connectivity index (χ3v) is 23.9. The van der Waals surface area contributed by atoms with E-state index in [4.69, 9.17) is 0 Å². The van der Waals surface area contributed by atoms with Gasteiger partial charge in [0.1, 0.15) is 0 Å². The van der Waals surface area contributed by atoms with Gasteiger partial charge in [0.25, 0.3) is 0 Å². The highest BCUT2D eigenvalue weighted by Crippen LogP contribution is 2.26. The van der Waals surface area contributed by atoms with Gasteiger partial charge in [-0.25, -0.2) is 0 Å². The zero-order valence-electron chi connectivity index (χ0n) is 51.6. The van der Waals surface area contributed by atoms with Crippen LogP contribution >= 0.6 is 0 Å². The van der Waals surface area contributed by atoms with Crippen LogP contribution in [0, 0.1) is 0 Å². The quantitative estimate of drug-likeness (QED) is 0.0402. The Labute approximate surface area is 469 Å². The molecule has 1 nitrogen and oxygen atoms in total. The first-order valence-corrected chi connectivity index (χ1v) is 36.2. The summed E-state index contributed by atoms with van der Waals surface area (Å²) in [4.78, 5) is 0. The van der Waals surface area contributed by atoms with Crippen LogP contribution in [-0.2, 0) is 81.2 Å². The number of aryl methyl sites for hydroxylation is 12. The lowest BCUT2D eigenvalue weighted by atomic mass is 9.95. The van der Waals surface area contributed by atoms with Crippen LogP contribution < -0.4 is 20.7 Å². The summed E-state index contributed by atoms with van der Waals surface area (Å²) >= 11 is 0. The predicted molar refractivity (Wildman–Crippen MR) is 343 cm³/mol. The molecule has 0 radical (unpaired) electrons. The highest BCUT2D eigenvalue weighted by molar-refractivity contribution is 6.93. The van der Waals surface area contributed by atoms with Crippen molar-refractivity contribution in [3.63, 3.8) is 0 Å². The van der Waals surface area contributed by atoms with Crippen LogP contribution in [0.25, 0.3) is 0 Å². The molecule has 0 unspecified atom stereocenters. The average Bonchev–Trinajstić information content (AvgIpc) is 3.42. The lowest BCUT2D eigenvalue weighted by Gasteiger charge is -2.35. The van der Waals surface area contributed by atoms with Crippen molar-refractivity contribution < 1.29 is 4.12 Å². The molecule has 0 saturated heterocycles. The first-order chi connectivity index (χ1) is 36.7. The number of unbranched alkanes of at least 4 members (excludes halogenated alkanes) is 12. The largest absolute Gasteiger partial charge is 0.446 e. The third kappa shape index (κ3) is 20.5. The van der Waals surface area contributed by atoms with E-state index in [0.717, 1.165) is 0 Å². The topological polar surface area (TPSA) is 9.23 Å². The van der Waals surface area contributed by atoms with Crippen LogP contribution in [-0.4, -0.2) is 18.1 Å². The van der Waals surface area contributed by atoms with E-state index in [9.17, 15) is 4.12 Å². The standard InChI is InChI=1S/C72H118OSi2/c1-13-25-37-57-49-61(41-29-17-5)69(62(50-57)42-30-18-6)74(70-63(43-31-19-7)51-58(38-26-14-2)52-64(70)44-32-20-8)73-75(71-65(45-33-21-9)53-59(39-27-15-3)54-66(71)46-34-22-10)72-67(47-35-23-11)55-60(40-28-16-4)56-68(72)48-36-24-12/h49-56,74-75H,13-48H2,1-12H3. The van der Waals surface area contributed by atoms with Gasteiger partial charge >= 0.3 is 0 Å². The van der Waals surface area contributed by atoms with Crippen molar-refractivity contribution in [2.45, 2.75) is 314 Å². The van der Waals surface area contributed by atoms with Gasteiger partial charge < -0.3 is 4.12 Å². The Morgan fingerprint density at radius 3 is 0.480 bits per heavy atom. The van der Waals surface area contributed by atoms with E-state index >= 15 is 0 Å². The Morgan fingerprint density at radius 1 is 0.213 bits per heavy atom. The minimum absolute atomic E-state index is 1.17. The van der Waals surface area contributed by atoms with Gasteiger partial charge in [0.15, 0.2) is 0 Å². The summed E-state index contributed by atoms with van der Waals surface area (Å²) in [5, 5.41) is 6.89. The lowest BCUT2D eigenvalue weighted by molar-refractivity contribution is 0.625. The summed E-state index contributed by atoms with van der Waals surface area (Å²) in [5.74, 6) is 0. The first kappa shape index (κ1) is 64.8. The van der Waals surface area contributed by atoms with E-state index in [1.165, 1.54) is 231 Å². The number of hydrogen-bond donors (Lipinski definition) is 0. The summed E-state index contributed by atoms with van der Waals surface area (Å²) in [5.41, 5.74) is 19.7. The van der Waals surface area contributed by atoms with E-state index < -0.39 is 18.1 Å². The Bertz CT molecular complexity index is 1760. The maximum Gasteiger partial charge on any atom is 0.229 e. The van der Waals surface area contributed by atoms with Gasteiger partial charge in [-0.15, -0.1) is 0 Å². The number of hydrogen-bond acceptors (Lipinski definition) is 1. The molecule has 0 aliphatic heterocycles. The Kier molecular flexibility index (Phi) is 32.8. The number of rotatable bonds is 42. The predicted octanol–water partition coefficient (Wildman–Crippen LogP) is 18.2. The zero-order valence-corrected chi connectivity index (χ0v) is 53.9. The highest BCUT2D eigenvalue weighted by atomic mass is 28.4. The molecule has 0 atom stereocenters. The second-order valence-corrected chi connectivity index (χ2v) is 28.4. The van der Waals surface area contributed by atoms with Crippen molar-refractivity contribution in [2.24, 2.45) is 0 Å². The molecule has 0 saturated carbocycles. The van der Waals surface area contributed by atoms with Crippen molar-refractivity contribution in [1.82, 2.24) is 0 Å². The van der Waals surface area contributed by atoms with Gasteiger partial charge in [-0.2, -0.15) is 0 Å². The van der Waals surface area contributed by atoms with Crippen molar-refractivity contribution in [1.29, 1.82) is 0 Å². The van der Waals surface area contributed by atoms with E-state index in [2.05, 4.69) is 132 Å². The van der Waals surface area contributed by atoms with Crippen molar-refractivity contribution in [3.05, 3.63) is 115 Å². The Hall–Kier alpha value is -2.73. The van der Waals surface area contributed by atoms with Crippen LogP contribution in [0.15, 0.2) is 48.5 Å². The second kappa shape index (κ2) is 38.0. The molecule has 420 valence electrons. The summed E-state index contributed by atoms with van der Waals surface area (Å²) in [6.45, 7) is 28.9. The molecule has 0 aliphatic rings. The minimum atomic E-state index is -2.46. The van der Waals surface area contributed by atoms with Gasteiger partial charge in [0.2, 0.25) is 18.1 Å². The molecular formula is C72H118OSi2. The summed E-state index contributed by atoms with van der Waals surface area (Å²) in [6.07, 6.45) is 43.8. The molecule has 0 N–H and O–H groups in total. The maximum absolute atomic E-state index is 9.32. The zero-order chi connectivity index (χ0) is 54.2. The lowest BCUT2D eigenvalue weighted by Crippen LogP contribution is -2.61. The molecule has 3 heteroatoms. The smallest absolute Gasteiger partial charge is 0.229 e. The molecule has 0 amide bonds. The van der Waals surface area contributed by atoms with E-state index in [1.54, 1.807) is 87.5 Å². The molecule has 0 aromatic heterocycles. The van der Waals surface area contributed by atoms with Crippen molar-refractivity contribution in [3.8, 4) is 0 Å². The molecular weight excluding hydrogens is 937 g/mol. The fraction of sp³-hybridized carbons (Fsp3) is 0.667. The molecule has 0 spiro atoms. The van der Waals surface area contributed by atoms with Crippen LogP contribution in [0.1, 0.15) is 304 Å². The van der Waals surface area contributed by atoms with E-state index in [1.807, 2.05) is 0 Å². The molecule has 0 fully saturated rings. The fourth-order valence-corrected chi connectivity index (χ4v) is 20.5. The first-order valence-electron chi connectivity index (χ1n) is 33.0. The van der Waals surface area contributed by atoms with E-state index in [-0.39, 0.29) is 0 Å². The molecule has 0 bridgehead atoms. The normalized spacial score (nSPS) is 11.8.